The van der Waals surface area contributed by atoms with E-state index in [-0.39, 0.29) is 0 Å². The van der Waals surface area contributed by atoms with Gasteiger partial charge in [-0.15, -0.1) is 0 Å². The first-order valence-electron chi connectivity index (χ1n) is 16.5. The molecular formula is C41H42ClN2+. The number of halogens is 1. The molecule has 3 heteroatoms. The van der Waals surface area contributed by atoms with Crippen LogP contribution in [0.1, 0.15) is 77.8 Å². The molecule has 2 atom stereocenters. The molecule has 1 aliphatic carbocycles. The SMILES string of the molecule is CCCC(C)n1/c(=C/C=C2\CCC(/C=C/C3=[N+](C(C)CCC)c4cccc5cccc3c45)=C2Cl)c2cccc3cccc1c32. The van der Waals surface area contributed by atoms with Crippen LogP contribution < -0.4 is 5.35 Å². The Morgan fingerprint density at radius 1 is 0.795 bits per heavy atom. The average Bonchev–Trinajstić information content (AvgIpc) is 3.67. The number of aromatic nitrogens is 1. The minimum atomic E-state index is 0.422. The highest BCUT2D eigenvalue weighted by Crippen LogP contribution is 2.39. The molecule has 1 aliphatic heterocycles. The third kappa shape index (κ3) is 4.75. The molecule has 0 fully saturated rings. The van der Waals surface area contributed by atoms with Crippen molar-refractivity contribution in [1.82, 2.24) is 4.57 Å². The summed E-state index contributed by atoms with van der Waals surface area (Å²) in [6.45, 7) is 9.25. The summed E-state index contributed by atoms with van der Waals surface area (Å²) in [6, 6.07) is 27.6. The lowest BCUT2D eigenvalue weighted by molar-refractivity contribution is -0.476. The van der Waals surface area contributed by atoms with Crippen LogP contribution in [0.2, 0.25) is 0 Å². The molecule has 0 saturated heterocycles. The van der Waals surface area contributed by atoms with Gasteiger partial charge >= 0.3 is 0 Å². The summed E-state index contributed by atoms with van der Waals surface area (Å²) < 4.78 is 5.10. The first kappa shape index (κ1) is 28.9. The molecule has 0 N–H and O–H groups in total. The molecule has 2 aliphatic rings. The summed E-state index contributed by atoms with van der Waals surface area (Å²) in [6.07, 6.45) is 15.8. The molecule has 0 saturated carbocycles. The highest BCUT2D eigenvalue weighted by molar-refractivity contribution is 6.33. The second kappa shape index (κ2) is 11.9. The summed E-state index contributed by atoms with van der Waals surface area (Å²) >= 11 is 7.15. The van der Waals surface area contributed by atoms with Gasteiger partial charge in [-0.25, -0.2) is 0 Å². The van der Waals surface area contributed by atoms with E-state index in [0.717, 1.165) is 43.6 Å². The quantitative estimate of drug-likeness (QED) is 0.149. The molecule has 2 nitrogen and oxygen atoms in total. The lowest BCUT2D eigenvalue weighted by Crippen LogP contribution is -2.22. The van der Waals surface area contributed by atoms with Crippen LogP contribution in [0.25, 0.3) is 38.5 Å². The van der Waals surface area contributed by atoms with Crippen molar-refractivity contribution in [2.24, 2.45) is 0 Å². The highest BCUT2D eigenvalue weighted by atomic mass is 35.5. The van der Waals surface area contributed by atoms with Crippen LogP contribution in [0.15, 0.2) is 107 Å². The van der Waals surface area contributed by atoms with Gasteiger partial charge < -0.3 is 4.57 Å². The van der Waals surface area contributed by atoms with E-state index in [2.05, 4.69) is 134 Å². The Kier molecular flexibility index (Phi) is 7.81. The van der Waals surface area contributed by atoms with Crippen LogP contribution in [-0.4, -0.2) is 20.9 Å². The van der Waals surface area contributed by atoms with Gasteiger partial charge in [-0.1, -0.05) is 98.6 Å². The van der Waals surface area contributed by atoms with Gasteiger partial charge in [-0.3, -0.25) is 0 Å². The summed E-state index contributed by atoms with van der Waals surface area (Å²) in [7, 11) is 0. The number of allylic oxidation sites excluding steroid dienone is 6. The van der Waals surface area contributed by atoms with Crippen molar-refractivity contribution in [2.75, 3.05) is 0 Å². The first-order valence-corrected chi connectivity index (χ1v) is 16.9. The Labute approximate surface area is 266 Å². The van der Waals surface area contributed by atoms with E-state index in [9.17, 15) is 0 Å². The summed E-state index contributed by atoms with van der Waals surface area (Å²) in [5.74, 6) is 0. The van der Waals surface area contributed by atoms with Gasteiger partial charge in [0.25, 0.3) is 0 Å². The second-order valence-electron chi connectivity index (χ2n) is 12.7. The Bertz CT molecular complexity index is 2070. The zero-order valence-electron chi connectivity index (χ0n) is 26.4. The molecule has 4 aromatic carbocycles. The zero-order chi connectivity index (χ0) is 30.4. The van der Waals surface area contributed by atoms with Crippen LogP contribution in [0, 0.1) is 0 Å². The lowest BCUT2D eigenvalue weighted by Gasteiger charge is -2.15. The van der Waals surface area contributed by atoms with Gasteiger partial charge in [0.2, 0.25) is 11.4 Å². The molecule has 2 heterocycles. The predicted octanol–water partition coefficient (Wildman–Crippen LogP) is 10.9. The van der Waals surface area contributed by atoms with Crippen LogP contribution in [0.4, 0.5) is 5.69 Å². The van der Waals surface area contributed by atoms with Gasteiger partial charge in [0.1, 0.15) is 0 Å². The summed E-state index contributed by atoms with van der Waals surface area (Å²) in [5, 5.41) is 8.86. The molecule has 0 radical (unpaired) electrons. The maximum absolute atomic E-state index is 7.15. The van der Waals surface area contributed by atoms with E-state index < -0.39 is 0 Å². The normalized spacial score (nSPS) is 18.0. The Morgan fingerprint density at radius 2 is 1.50 bits per heavy atom. The van der Waals surface area contributed by atoms with E-state index in [4.69, 9.17) is 11.6 Å². The smallest absolute Gasteiger partial charge is 0.214 e. The Morgan fingerprint density at radius 3 is 2.27 bits per heavy atom. The van der Waals surface area contributed by atoms with Crippen molar-refractivity contribution < 1.29 is 4.58 Å². The highest BCUT2D eigenvalue weighted by Gasteiger charge is 2.33. The number of benzene rings is 4. The fourth-order valence-electron chi connectivity index (χ4n) is 7.74. The van der Waals surface area contributed by atoms with E-state index >= 15 is 0 Å². The zero-order valence-corrected chi connectivity index (χ0v) is 27.2. The largest absolute Gasteiger partial charge is 0.338 e. The molecule has 44 heavy (non-hydrogen) atoms. The van der Waals surface area contributed by atoms with Gasteiger partial charge in [0, 0.05) is 51.3 Å². The van der Waals surface area contributed by atoms with Gasteiger partial charge in [0.05, 0.1) is 10.9 Å². The molecule has 0 spiro atoms. The van der Waals surface area contributed by atoms with Crippen molar-refractivity contribution in [3.63, 3.8) is 0 Å². The number of hydrogen-bond donors (Lipinski definition) is 0. The van der Waals surface area contributed by atoms with Gasteiger partial charge in [-0.2, -0.15) is 4.58 Å². The van der Waals surface area contributed by atoms with Crippen molar-refractivity contribution in [3.05, 3.63) is 118 Å². The van der Waals surface area contributed by atoms with Crippen LogP contribution in [-0.2, 0) is 0 Å². The van der Waals surface area contributed by atoms with Crippen LogP contribution >= 0.6 is 11.6 Å². The van der Waals surface area contributed by atoms with Crippen molar-refractivity contribution in [3.8, 4) is 0 Å². The van der Waals surface area contributed by atoms with Gasteiger partial charge in [-0.05, 0) is 79.7 Å². The monoisotopic (exact) mass is 597 g/mol. The molecular weight excluding hydrogens is 556 g/mol. The number of nitrogens with zero attached hydrogens (tertiary/aromatic N) is 2. The van der Waals surface area contributed by atoms with Crippen molar-refractivity contribution in [2.45, 2.75) is 78.3 Å². The van der Waals surface area contributed by atoms with E-state index in [0.29, 0.717) is 12.1 Å². The standard InChI is InChI=1S/C41H42ClN2/c1-5-11-27(3)43-35(33-17-7-13-29-15-9-19-37(43)39(29)33)25-23-31-21-22-32(41(31)42)24-26-36-34-18-8-14-30-16-10-20-38(40(30)34)44(36)28(4)12-6-2/h7-10,13-20,23-28H,5-6,11-12,21-22H2,1-4H3/q+1. The topological polar surface area (TPSA) is 7.94 Å². The predicted molar refractivity (Wildman–Crippen MR) is 190 cm³/mol. The van der Waals surface area contributed by atoms with Gasteiger partial charge in [0.15, 0.2) is 6.04 Å². The van der Waals surface area contributed by atoms with Crippen molar-refractivity contribution >= 4 is 61.5 Å². The fraction of sp³-hybridized carbons (Fsp3) is 0.293. The van der Waals surface area contributed by atoms with Crippen molar-refractivity contribution in [1.29, 1.82) is 0 Å². The molecule has 2 unspecified atom stereocenters. The molecule has 7 rings (SSSR count). The Balaban J connectivity index is 1.30. The van der Waals surface area contributed by atoms with Crippen LogP contribution in [0.3, 0.4) is 0 Å². The average molecular weight is 598 g/mol. The number of rotatable bonds is 9. The minimum Gasteiger partial charge on any atom is -0.338 e. The molecule has 222 valence electrons. The maximum atomic E-state index is 7.15. The molecule has 0 amide bonds. The lowest BCUT2D eigenvalue weighted by atomic mass is 10.0. The third-order valence-corrected chi connectivity index (χ3v) is 10.2. The Hall–Kier alpha value is -3.88. The second-order valence-corrected chi connectivity index (χ2v) is 13.1. The number of hydrogen-bond acceptors (Lipinski definition) is 0. The minimum absolute atomic E-state index is 0.422. The van der Waals surface area contributed by atoms with Crippen LogP contribution in [0.5, 0.6) is 0 Å². The molecule has 0 bridgehead atoms. The molecule has 1 aromatic heterocycles. The van der Waals surface area contributed by atoms with E-state index in [1.165, 1.54) is 65.9 Å². The first-order chi connectivity index (χ1) is 21.5. The summed E-state index contributed by atoms with van der Waals surface area (Å²) in [5.41, 5.74) is 7.71. The molecule has 5 aromatic rings. The van der Waals surface area contributed by atoms with E-state index in [1.807, 2.05) is 0 Å². The maximum Gasteiger partial charge on any atom is 0.214 e. The third-order valence-electron chi connectivity index (χ3n) is 9.76. The van der Waals surface area contributed by atoms with E-state index in [1.54, 1.807) is 0 Å². The summed E-state index contributed by atoms with van der Waals surface area (Å²) in [4.78, 5) is 0. The fourth-order valence-corrected chi connectivity index (χ4v) is 8.06.